The normalized spacial score (nSPS) is 17.7. The van der Waals surface area contributed by atoms with Gasteiger partial charge in [-0.1, -0.05) is 25.5 Å². The number of benzene rings is 1. The van der Waals surface area contributed by atoms with E-state index in [4.69, 9.17) is 4.74 Å². The van der Waals surface area contributed by atoms with E-state index in [-0.39, 0.29) is 0 Å². The smallest absolute Gasteiger partial charge is 0.417 e. The van der Waals surface area contributed by atoms with Gasteiger partial charge in [0.25, 0.3) is 5.91 Å². The van der Waals surface area contributed by atoms with Gasteiger partial charge >= 0.3 is 6.18 Å². The number of allylic oxidation sites excluding steroid dienone is 1. The molecule has 1 aromatic rings. The molecule has 0 radical (unpaired) electrons. The average molecular weight is 328 g/mol. The topological polar surface area (TPSA) is 41.6 Å². The van der Waals surface area contributed by atoms with Gasteiger partial charge in [-0.15, -0.1) is 0 Å². The van der Waals surface area contributed by atoms with Crippen molar-refractivity contribution in [3.8, 4) is 0 Å². The molecule has 4 nitrogen and oxygen atoms in total. The molecule has 0 aliphatic carbocycles. The molecule has 0 saturated heterocycles. The highest BCUT2D eigenvalue weighted by Gasteiger charge is 2.36. The van der Waals surface area contributed by atoms with Crippen molar-refractivity contribution in [3.05, 3.63) is 47.4 Å². The fraction of sp³-hybridized carbons (Fsp3) is 0.438. The first kappa shape index (κ1) is 17.2. The predicted molar refractivity (Wildman–Crippen MR) is 78.9 cm³/mol. The third-order valence-corrected chi connectivity index (χ3v) is 3.57. The van der Waals surface area contributed by atoms with Crippen LogP contribution >= 0.6 is 0 Å². The summed E-state index contributed by atoms with van der Waals surface area (Å²) < 4.78 is 44.5. The molecule has 1 amide bonds. The van der Waals surface area contributed by atoms with Crippen molar-refractivity contribution < 1.29 is 22.7 Å². The van der Waals surface area contributed by atoms with Crippen LogP contribution in [0.1, 0.15) is 49.0 Å². The molecule has 0 aromatic heterocycles. The zero-order valence-electron chi connectivity index (χ0n) is 13.0. The van der Waals surface area contributed by atoms with Crippen molar-refractivity contribution in [1.29, 1.82) is 0 Å². The third-order valence-electron chi connectivity index (χ3n) is 3.57. The molecule has 126 valence electrons. The van der Waals surface area contributed by atoms with E-state index < -0.39 is 29.4 Å². The summed E-state index contributed by atoms with van der Waals surface area (Å²) in [6.45, 7) is 3.75. The number of nitrogens with zero attached hydrogens (tertiary/aromatic N) is 1. The predicted octanol–water partition coefficient (Wildman–Crippen LogP) is 4.06. The van der Waals surface area contributed by atoms with E-state index in [1.165, 1.54) is 23.4 Å². The maximum atomic E-state index is 13.0. The van der Waals surface area contributed by atoms with Crippen LogP contribution < -0.4 is 5.43 Å². The zero-order valence-corrected chi connectivity index (χ0v) is 13.0. The van der Waals surface area contributed by atoms with Crippen LogP contribution in [0, 0.1) is 0 Å². The van der Waals surface area contributed by atoms with Crippen LogP contribution in [0.2, 0.25) is 0 Å². The first-order chi connectivity index (χ1) is 10.8. The number of hydrazine groups is 1. The first-order valence-electron chi connectivity index (χ1n) is 7.43. The van der Waals surface area contributed by atoms with E-state index in [1.54, 1.807) is 6.92 Å². The Labute approximate surface area is 132 Å². The maximum Gasteiger partial charge on any atom is 0.417 e. The number of ether oxygens (including phenoxy) is 1. The number of unbranched alkanes of at least 4 members (excludes halogenated alkanes) is 1. The van der Waals surface area contributed by atoms with Gasteiger partial charge in [0, 0.05) is 6.42 Å². The average Bonchev–Trinajstić information content (AvgIpc) is 2.85. The number of amides is 1. The van der Waals surface area contributed by atoms with Gasteiger partial charge in [0.15, 0.2) is 6.23 Å². The van der Waals surface area contributed by atoms with Gasteiger partial charge in [-0.3, -0.25) is 10.2 Å². The lowest BCUT2D eigenvalue weighted by atomic mass is 10.1. The molecule has 0 spiro atoms. The van der Waals surface area contributed by atoms with Crippen molar-refractivity contribution in [2.45, 2.75) is 45.5 Å². The van der Waals surface area contributed by atoms with Crippen LogP contribution in [0.15, 0.2) is 36.2 Å². The zero-order chi connectivity index (χ0) is 17.0. The van der Waals surface area contributed by atoms with Gasteiger partial charge in [0.05, 0.1) is 16.8 Å². The monoisotopic (exact) mass is 328 g/mol. The summed E-state index contributed by atoms with van der Waals surface area (Å²) in [6.07, 6.45) is -0.963. The van der Waals surface area contributed by atoms with Gasteiger partial charge in [-0.05, 0) is 25.5 Å². The molecule has 1 unspecified atom stereocenters. The Kier molecular flexibility index (Phi) is 5.18. The quantitative estimate of drug-likeness (QED) is 0.886. The van der Waals surface area contributed by atoms with Gasteiger partial charge in [-0.2, -0.15) is 13.2 Å². The highest BCUT2D eigenvalue weighted by Crippen LogP contribution is 2.32. The van der Waals surface area contributed by atoms with E-state index in [2.05, 4.69) is 5.43 Å². The van der Waals surface area contributed by atoms with E-state index in [1.807, 2.05) is 6.92 Å². The van der Waals surface area contributed by atoms with E-state index in [9.17, 15) is 18.0 Å². The molecule has 1 aliphatic heterocycles. The molecule has 1 aromatic carbocycles. The van der Waals surface area contributed by atoms with Gasteiger partial charge < -0.3 is 4.74 Å². The van der Waals surface area contributed by atoms with Gasteiger partial charge in [-0.25, -0.2) is 5.01 Å². The Hall–Kier alpha value is -2.18. The Morgan fingerprint density at radius 2 is 2.04 bits per heavy atom. The number of hydrogen-bond acceptors (Lipinski definition) is 3. The number of halogens is 3. The number of carbonyl (C=O) groups is 1. The van der Waals surface area contributed by atoms with Crippen LogP contribution in [-0.2, 0) is 10.9 Å². The number of carbonyl (C=O) groups excluding carboxylic acids is 1. The molecule has 2 rings (SSSR count). The molecule has 1 aliphatic rings. The standard InChI is InChI=1S/C16H19F3N2O2/c1-3-4-9-14-21(11(2)10-23-14)20-15(22)12-7-5-6-8-13(12)16(17,18)19/h5-8,10,14H,3-4,9H2,1-2H3,(H,20,22). The summed E-state index contributed by atoms with van der Waals surface area (Å²) in [7, 11) is 0. The van der Waals surface area contributed by atoms with Gasteiger partial charge in [0.2, 0.25) is 0 Å². The molecule has 0 bridgehead atoms. The SMILES string of the molecule is CCCCC1OC=C(C)N1NC(=O)c1ccccc1C(F)(F)F. The lowest BCUT2D eigenvalue weighted by Crippen LogP contribution is -2.45. The first-order valence-corrected chi connectivity index (χ1v) is 7.43. The fourth-order valence-corrected chi connectivity index (χ4v) is 2.36. The van der Waals surface area contributed by atoms with Crippen molar-refractivity contribution in [3.63, 3.8) is 0 Å². The van der Waals surface area contributed by atoms with Crippen molar-refractivity contribution in [1.82, 2.24) is 10.4 Å². The van der Waals surface area contributed by atoms with Crippen LogP contribution in [0.3, 0.4) is 0 Å². The van der Waals surface area contributed by atoms with E-state index in [0.717, 1.165) is 25.0 Å². The summed E-state index contributed by atoms with van der Waals surface area (Å²) in [4.78, 5) is 12.3. The number of nitrogens with one attached hydrogen (secondary N) is 1. The molecule has 7 heteroatoms. The summed E-state index contributed by atoms with van der Waals surface area (Å²) >= 11 is 0. The summed E-state index contributed by atoms with van der Waals surface area (Å²) in [5.74, 6) is -0.808. The minimum absolute atomic E-state index is 0.392. The Morgan fingerprint density at radius 1 is 1.35 bits per heavy atom. The second-order valence-corrected chi connectivity index (χ2v) is 5.35. The van der Waals surface area contributed by atoms with Crippen molar-refractivity contribution >= 4 is 5.91 Å². The van der Waals surface area contributed by atoms with Crippen LogP contribution in [-0.4, -0.2) is 17.1 Å². The van der Waals surface area contributed by atoms with Gasteiger partial charge in [0.1, 0.15) is 6.26 Å². The highest BCUT2D eigenvalue weighted by atomic mass is 19.4. The maximum absolute atomic E-state index is 13.0. The lowest BCUT2D eigenvalue weighted by Gasteiger charge is -2.27. The second-order valence-electron chi connectivity index (χ2n) is 5.35. The Morgan fingerprint density at radius 3 is 2.70 bits per heavy atom. The van der Waals surface area contributed by atoms with Crippen molar-refractivity contribution in [2.75, 3.05) is 0 Å². The second kappa shape index (κ2) is 6.93. The molecule has 1 heterocycles. The molecular weight excluding hydrogens is 309 g/mol. The summed E-state index contributed by atoms with van der Waals surface area (Å²) in [5.41, 5.74) is 1.80. The number of alkyl halides is 3. The molecule has 0 fully saturated rings. The summed E-state index contributed by atoms with van der Waals surface area (Å²) in [6, 6.07) is 4.72. The molecule has 1 atom stereocenters. The highest BCUT2D eigenvalue weighted by molar-refractivity contribution is 5.95. The minimum Gasteiger partial charge on any atom is -0.475 e. The molecule has 23 heavy (non-hydrogen) atoms. The van der Waals surface area contributed by atoms with E-state index >= 15 is 0 Å². The fourth-order valence-electron chi connectivity index (χ4n) is 2.36. The molecular formula is C16H19F3N2O2. The van der Waals surface area contributed by atoms with Crippen LogP contribution in [0.25, 0.3) is 0 Å². The van der Waals surface area contributed by atoms with E-state index in [0.29, 0.717) is 12.1 Å². The largest absolute Gasteiger partial charge is 0.475 e. The van der Waals surface area contributed by atoms with Crippen LogP contribution in [0.5, 0.6) is 0 Å². The number of rotatable bonds is 5. The van der Waals surface area contributed by atoms with Crippen LogP contribution in [0.4, 0.5) is 13.2 Å². The minimum atomic E-state index is -4.58. The Bertz CT molecular complexity index is 599. The third kappa shape index (κ3) is 3.97. The lowest BCUT2D eigenvalue weighted by molar-refractivity contribution is -0.138. The Balaban J connectivity index is 2.17. The molecule has 0 saturated carbocycles. The number of hydrogen-bond donors (Lipinski definition) is 1. The van der Waals surface area contributed by atoms with Crippen molar-refractivity contribution in [2.24, 2.45) is 0 Å². The summed E-state index contributed by atoms with van der Waals surface area (Å²) in [5, 5.41) is 1.48. The molecule has 1 N–H and O–H groups in total.